The Morgan fingerprint density at radius 3 is 2.13 bits per heavy atom. The van der Waals surface area contributed by atoms with Gasteiger partial charge in [0.1, 0.15) is 6.04 Å². The van der Waals surface area contributed by atoms with Crippen molar-refractivity contribution >= 4 is 49.4 Å². The molecule has 0 aliphatic carbocycles. The van der Waals surface area contributed by atoms with Gasteiger partial charge < -0.3 is 10.2 Å². The first kappa shape index (κ1) is 30.8. The maximum absolute atomic E-state index is 13.8. The molecule has 1 N–H and O–H groups in total. The number of rotatable bonds is 12. The lowest BCUT2D eigenvalue weighted by molar-refractivity contribution is -0.141. The highest BCUT2D eigenvalue weighted by Crippen LogP contribution is 2.20. The standard InChI is InChI=1S/C29H33BrClN3O4S/c1-21(2)18-32-29(36)27(17-22-7-5-4-6-8-22)34(19-23-9-11-24(30)12-10-23)28(35)20-33(3)39(37,38)26-15-13-25(31)14-16-26/h4-16,21,27H,17-20H2,1-3H3,(H,32,36). The number of halogens is 2. The van der Waals surface area contributed by atoms with Gasteiger partial charge in [-0.25, -0.2) is 8.42 Å². The average Bonchev–Trinajstić information content (AvgIpc) is 2.91. The minimum atomic E-state index is -3.97. The van der Waals surface area contributed by atoms with Crippen LogP contribution in [0.4, 0.5) is 0 Å². The Bertz CT molecular complexity index is 1350. The number of benzene rings is 3. The molecular formula is C29H33BrClN3O4S. The van der Waals surface area contributed by atoms with E-state index in [4.69, 9.17) is 11.6 Å². The van der Waals surface area contributed by atoms with Crippen molar-refractivity contribution in [1.82, 2.24) is 14.5 Å². The van der Waals surface area contributed by atoms with E-state index in [-0.39, 0.29) is 29.7 Å². The van der Waals surface area contributed by atoms with Crippen LogP contribution < -0.4 is 5.32 Å². The highest BCUT2D eigenvalue weighted by Gasteiger charge is 2.33. The molecular weight excluding hydrogens is 602 g/mol. The molecule has 0 spiro atoms. The maximum atomic E-state index is 13.8. The third-order valence-corrected chi connectivity index (χ3v) is 8.70. The van der Waals surface area contributed by atoms with Gasteiger partial charge in [0.05, 0.1) is 11.4 Å². The highest BCUT2D eigenvalue weighted by molar-refractivity contribution is 9.10. The summed E-state index contributed by atoms with van der Waals surface area (Å²) >= 11 is 9.35. The predicted octanol–water partition coefficient (Wildman–Crippen LogP) is 5.14. The first-order valence-corrected chi connectivity index (χ1v) is 15.2. The molecule has 7 nitrogen and oxygen atoms in total. The van der Waals surface area contributed by atoms with Gasteiger partial charge in [-0.1, -0.05) is 83.8 Å². The van der Waals surface area contributed by atoms with Crippen LogP contribution >= 0.6 is 27.5 Å². The van der Waals surface area contributed by atoms with Crippen molar-refractivity contribution in [3.63, 3.8) is 0 Å². The Labute approximate surface area is 244 Å². The lowest BCUT2D eigenvalue weighted by atomic mass is 10.0. The van der Waals surface area contributed by atoms with Crippen molar-refractivity contribution in [2.45, 2.75) is 37.8 Å². The molecule has 2 amide bonds. The van der Waals surface area contributed by atoms with E-state index in [9.17, 15) is 18.0 Å². The van der Waals surface area contributed by atoms with Gasteiger partial charge in [0, 0.05) is 36.1 Å². The Kier molecular flexibility index (Phi) is 11.1. The summed E-state index contributed by atoms with van der Waals surface area (Å²) < 4.78 is 28.3. The van der Waals surface area contributed by atoms with E-state index in [0.717, 1.165) is 19.9 Å². The minimum Gasteiger partial charge on any atom is -0.354 e. The summed E-state index contributed by atoms with van der Waals surface area (Å²) in [5, 5.41) is 3.37. The number of likely N-dealkylation sites (N-methyl/N-ethyl adjacent to an activating group) is 1. The number of amides is 2. The van der Waals surface area contributed by atoms with Gasteiger partial charge in [0.25, 0.3) is 0 Å². The fourth-order valence-electron chi connectivity index (χ4n) is 3.92. The van der Waals surface area contributed by atoms with Crippen LogP contribution in [0.5, 0.6) is 0 Å². The molecule has 0 aliphatic rings. The molecule has 3 aromatic carbocycles. The van der Waals surface area contributed by atoms with Crippen LogP contribution in [0.2, 0.25) is 5.02 Å². The third kappa shape index (κ3) is 8.89. The Balaban J connectivity index is 1.96. The van der Waals surface area contributed by atoms with Crippen molar-refractivity contribution in [2.75, 3.05) is 20.1 Å². The fraction of sp³-hybridized carbons (Fsp3) is 0.310. The molecule has 39 heavy (non-hydrogen) atoms. The van der Waals surface area contributed by atoms with Crippen molar-refractivity contribution in [3.8, 4) is 0 Å². The molecule has 0 heterocycles. The number of nitrogens with one attached hydrogen (secondary N) is 1. The van der Waals surface area contributed by atoms with Gasteiger partial charge in [0.2, 0.25) is 21.8 Å². The molecule has 0 aromatic heterocycles. The summed E-state index contributed by atoms with van der Waals surface area (Å²) in [5.41, 5.74) is 1.70. The number of hydrogen-bond donors (Lipinski definition) is 1. The monoisotopic (exact) mass is 633 g/mol. The molecule has 3 rings (SSSR count). The fourth-order valence-corrected chi connectivity index (χ4v) is 5.43. The minimum absolute atomic E-state index is 0.0252. The van der Waals surface area contributed by atoms with E-state index < -0.39 is 28.5 Å². The Hall–Kier alpha value is -2.72. The predicted molar refractivity (Wildman–Crippen MR) is 158 cm³/mol. The van der Waals surface area contributed by atoms with Crippen molar-refractivity contribution in [3.05, 3.63) is 99.5 Å². The van der Waals surface area contributed by atoms with Gasteiger partial charge in [-0.3, -0.25) is 9.59 Å². The zero-order valence-electron chi connectivity index (χ0n) is 22.2. The first-order chi connectivity index (χ1) is 18.5. The summed E-state index contributed by atoms with van der Waals surface area (Å²) in [4.78, 5) is 28.9. The number of sulfonamides is 1. The molecule has 0 bridgehead atoms. The summed E-state index contributed by atoms with van der Waals surface area (Å²) in [7, 11) is -2.62. The van der Waals surface area contributed by atoms with Gasteiger partial charge in [-0.2, -0.15) is 4.31 Å². The van der Waals surface area contributed by atoms with Gasteiger partial charge in [-0.05, 0) is 53.4 Å². The molecule has 1 atom stereocenters. The first-order valence-electron chi connectivity index (χ1n) is 12.5. The van der Waals surface area contributed by atoms with Crippen LogP contribution in [-0.4, -0.2) is 55.6 Å². The third-order valence-electron chi connectivity index (χ3n) is 6.10. The van der Waals surface area contributed by atoms with E-state index >= 15 is 0 Å². The van der Waals surface area contributed by atoms with E-state index in [1.165, 1.54) is 36.2 Å². The van der Waals surface area contributed by atoms with E-state index in [1.807, 2.05) is 68.4 Å². The quantitative estimate of drug-likeness (QED) is 0.299. The summed E-state index contributed by atoms with van der Waals surface area (Å²) in [6.07, 6.45) is 0.278. The Morgan fingerprint density at radius 2 is 1.54 bits per heavy atom. The topological polar surface area (TPSA) is 86.8 Å². The van der Waals surface area contributed by atoms with Gasteiger partial charge in [-0.15, -0.1) is 0 Å². The van der Waals surface area contributed by atoms with E-state index in [0.29, 0.717) is 11.6 Å². The Morgan fingerprint density at radius 1 is 0.923 bits per heavy atom. The molecule has 3 aromatic rings. The van der Waals surface area contributed by atoms with Crippen LogP contribution in [0.3, 0.4) is 0 Å². The van der Waals surface area contributed by atoms with E-state index in [1.54, 1.807) is 0 Å². The van der Waals surface area contributed by atoms with Crippen LogP contribution in [-0.2, 0) is 32.6 Å². The molecule has 0 saturated heterocycles. The van der Waals surface area contributed by atoms with Crippen molar-refractivity contribution in [1.29, 1.82) is 0 Å². The molecule has 0 fully saturated rings. The number of hydrogen-bond acceptors (Lipinski definition) is 4. The van der Waals surface area contributed by atoms with Gasteiger partial charge in [0.15, 0.2) is 0 Å². The van der Waals surface area contributed by atoms with Crippen LogP contribution in [0.15, 0.2) is 88.2 Å². The average molecular weight is 635 g/mol. The van der Waals surface area contributed by atoms with Crippen molar-refractivity contribution < 1.29 is 18.0 Å². The number of nitrogens with zero attached hydrogens (tertiary/aromatic N) is 2. The molecule has 10 heteroatoms. The maximum Gasteiger partial charge on any atom is 0.243 e. The van der Waals surface area contributed by atoms with Crippen LogP contribution in [0.1, 0.15) is 25.0 Å². The summed E-state index contributed by atoms with van der Waals surface area (Å²) in [5.74, 6) is -0.558. The zero-order chi connectivity index (χ0) is 28.6. The molecule has 208 valence electrons. The summed E-state index contributed by atoms with van der Waals surface area (Å²) in [6, 6.07) is 21.8. The molecule has 0 aliphatic heterocycles. The SMILES string of the molecule is CC(C)CNC(=O)C(Cc1ccccc1)N(Cc1ccc(Br)cc1)C(=O)CN(C)S(=O)(=O)c1ccc(Cl)cc1. The van der Waals surface area contributed by atoms with Crippen molar-refractivity contribution in [2.24, 2.45) is 5.92 Å². The largest absolute Gasteiger partial charge is 0.354 e. The molecule has 1 unspecified atom stereocenters. The molecule has 0 radical (unpaired) electrons. The lowest BCUT2D eigenvalue weighted by Crippen LogP contribution is -2.53. The smallest absolute Gasteiger partial charge is 0.243 e. The second kappa shape index (κ2) is 14.1. The van der Waals surface area contributed by atoms with Crippen LogP contribution in [0.25, 0.3) is 0 Å². The van der Waals surface area contributed by atoms with E-state index in [2.05, 4.69) is 21.2 Å². The second-order valence-electron chi connectivity index (χ2n) is 9.71. The lowest BCUT2D eigenvalue weighted by Gasteiger charge is -2.33. The molecule has 0 saturated carbocycles. The summed E-state index contributed by atoms with van der Waals surface area (Å²) in [6.45, 7) is 4.13. The van der Waals surface area contributed by atoms with Crippen LogP contribution in [0, 0.1) is 5.92 Å². The highest BCUT2D eigenvalue weighted by atomic mass is 79.9. The van der Waals surface area contributed by atoms with Gasteiger partial charge >= 0.3 is 0 Å². The zero-order valence-corrected chi connectivity index (χ0v) is 25.3. The normalized spacial score (nSPS) is 12.4. The number of carbonyl (C=O) groups is 2. The number of carbonyl (C=O) groups excluding carboxylic acids is 2. The second-order valence-corrected chi connectivity index (χ2v) is 13.1.